The quantitative estimate of drug-likeness (QED) is 0.645. The van der Waals surface area contributed by atoms with Crippen LogP contribution in [-0.2, 0) is 9.59 Å². The van der Waals surface area contributed by atoms with E-state index in [1.54, 1.807) is 6.08 Å². The number of nitrogens with two attached hydrogens (primary N) is 1. The van der Waals surface area contributed by atoms with Crippen molar-refractivity contribution >= 4 is 11.8 Å². The largest absolute Gasteiger partial charge is 0.507 e. The predicted octanol–water partition coefficient (Wildman–Crippen LogP) is 2.23. The summed E-state index contributed by atoms with van der Waals surface area (Å²) >= 11 is 0. The number of carbonyl (C=O) groups excluding carboxylic acids is 1. The van der Waals surface area contributed by atoms with Gasteiger partial charge in [0.25, 0.3) is 0 Å². The lowest BCUT2D eigenvalue weighted by Gasteiger charge is -2.35. The first-order valence-electron chi connectivity index (χ1n) is 7.44. The number of carboxylic acids is 1. The van der Waals surface area contributed by atoms with E-state index in [0.29, 0.717) is 37.0 Å². The topological polar surface area (TPSA) is 101 Å². The lowest BCUT2D eigenvalue weighted by Crippen LogP contribution is -2.33. The van der Waals surface area contributed by atoms with Gasteiger partial charge in [-0.15, -0.1) is 0 Å². The van der Waals surface area contributed by atoms with Crippen LogP contribution in [0.15, 0.2) is 46.9 Å². The number of carbonyl (C=O) groups is 2. The average molecular weight is 301 g/mol. The minimum absolute atomic E-state index is 0.0543. The normalized spacial score (nSPS) is 35.0. The molecule has 22 heavy (non-hydrogen) atoms. The van der Waals surface area contributed by atoms with Crippen molar-refractivity contribution in [1.29, 1.82) is 0 Å². The highest BCUT2D eigenvalue weighted by atomic mass is 16.4. The summed E-state index contributed by atoms with van der Waals surface area (Å²) in [6.07, 6.45) is 5.44. The van der Waals surface area contributed by atoms with E-state index in [1.165, 1.54) is 0 Å². The second-order valence-corrected chi connectivity index (χ2v) is 6.27. The third-order valence-corrected chi connectivity index (χ3v) is 5.10. The molecule has 5 heteroatoms. The number of aliphatic carboxylic acids is 1. The lowest BCUT2D eigenvalue weighted by atomic mass is 9.68. The maximum Gasteiger partial charge on any atom is 0.306 e. The minimum Gasteiger partial charge on any atom is -0.507 e. The van der Waals surface area contributed by atoms with Crippen molar-refractivity contribution in [3.05, 3.63) is 46.9 Å². The minimum atomic E-state index is -0.814. The molecule has 3 aliphatic carbocycles. The molecular weight excluding hydrogens is 282 g/mol. The number of Topliss-reactive ketones (excluding diaryl/α,β-unsaturated/α-hetero) is 1. The Morgan fingerprint density at radius 2 is 2.09 bits per heavy atom. The molecule has 0 aliphatic heterocycles. The van der Waals surface area contributed by atoms with Crippen LogP contribution >= 0.6 is 0 Å². The van der Waals surface area contributed by atoms with Crippen LogP contribution in [0, 0.1) is 17.8 Å². The smallest absolute Gasteiger partial charge is 0.306 e. The van der Waals surface area contributed by atoms with Crippen LogP contribution in [0.5, 0.6) is 0 Å². The molecule has 4 bridgehead atoms. The van der Waals surface area contributed by atoms with E-state index >= 15 is 0 Å². The fourth-order valence-electron chi connectivity index (χ4n) is 3.81. The van der Waals surface area contributed by atoms with Gasteiger partial charge in [-0.05, 0) is 49.2 Å². The Kier molecular flexibility index (Phi) is 3.43. The van der Waals surface area contributed by atoms with Gasteiger partial charge < -0.3 is 15.9 Å². The van der Waals surface area contributed by atoms with E-state index in [4.69, 9.17) is 5.73 Å². The zero-order valence-electron chi connectivity index (χ0n) is 12.2. The van der Waals surface area contributed by atoms with Gasteiger partial charge in [-0.2, -0.15) is 0 Å². The van der Waals surface area contributed by atoms with Gasteiger partial charge in [-0.3, -0.25) is 9.59 Å². The Labute approximate surface area is 128 Å². The number of aliphatic hydroxyl groups excluding tert-OH is 1. The molecule has 3 rings (SSSR count). The molecule has 0 radical (unpaired) electrons. The molecule has 5 nitrogen and oxygen atoms in total. The second kappa shape index (κ2) is 5.16. The van der Waals surface area contributed by atoms with Crippen molar-refractivity contribution in [3.8, 4) is 0 Å². The molecule has 0 heterocycles. The molecule has 0 amide bonds. The van der Waals surface area contributed by atoms with Gasteiger partial charge in [-0.25, -0.2) is 0 Å². The molecule has 4 N–H and O–H groups in total. The van der Waals surface area contributed by atoms with Crippen LogP contribution in [0.25, 0.3) is 0 Å². The Bertz CT molecular complexity index is 668. The van der Waals surface area contributed by atoms with Crippen LogP contribution in [0.4, 0.5) is 0 Å². The zero-order valence-corrected chi connectivity index (χ0v) is 12.2. The first kappa shape index (κ1) is 14.6. The summed E-state index contributed by atoms with van der Waals surface area (Å²) < 4.78 is 0. The van der Waals surface area contributed by atoms with Crippen LogP contribution in [0.3, 0.4) is 0 Å². The maximum atomic E-state index is 12.5. The van der Waals surface area contributed by atoms with Crippen molar-refractivity contribution in [2.75, 3.05) is 0 Å². The van der Waals surface area contributed by atoms with E-state index in [9.17, 15) is 19.8 Å². The van der Waals surface area contributed by atoms with Crippen molar-refractivity contribution in [2.45, 2.75) is 25.7 Å². The SMILES string of the molecule is C=C1C(=O)C2=C(N)C=C[C@@H](C2)C2C/C(=C\1O)CC[C@@H]2C(=O)O. The molecule has 0 aromatic carbocycles. The molecule has 1 saturated carbocycles. The Morgan fingerprint density at radius 3 is 2.77 bits per heavy atom. The van der Waals surface area contributed by atoms with Crippen molar-refractivity contribution in [2.24, 2.45) is 23.5 Å². The molecule has 0 aromatic rings. The molecule has 3 atom stereocenters. The third kappa shape index (κ3) is 2.17. The van der Waals surface area contributed by atoms with Crippen LogP contribution < -0.4 is 5.73 Å². The molecule has 116 valence electrons. The van der Waals surface area contributed by atoms with Gasteiger partial charge in [0.15, 0.2) is 5.78 Å². The van der Waals surface area contributed by atoms with Crippen LogP contribution in [0.2, 0.25) is 0 Å². The standard InChI is InChI=1S/C17H19NO4/c1-8-15(19)10-2-4-11(17(21)22)12(7-10)9-3-5-14(18)13(6-9)16(8)20/h3,5,9,11-12,19H,1-2,4,6-7,18H2,(H,21,22)/b15-10+/t9-,11-,12?/m0/s1. The van der Waals surface area contributed by atoms with Gasteiger partial charge in [0.1, 0.15) is 5.76 Å². The number of fused-ring (bicyclic) bond motifs is 5. The third-order valence-electron chi connectivity index (χ3n) is 5.10. The Hall–Kier alpha value is -2.30. The molecule has 3 aliphatic rings. The highest BCUT2D eigenvalue weighted by Crippen LogP contribution is 2.45. The average Bonchev–Trinajstić information content (AvgIpc) is 2.53. The summed E-state index contributed by atoms with van der Waals surface area (Å²) in [7, 11) is 0. The summed E-state index contributed by atoms with van der Waals surface area (Å²) in [6, 6.07) is 0. The number of hydrogen-bond acceptors (Lipinski definition) is 4. The van der Waals surface area contributed by atoms with Gasteiger partial charge in [0.05, 0.1) is 11.5 Å². The van der Waals surface area contributed by atoms with Gasteiger partial charge in [-0.1, -0.05) is 12.7 Å². The summed E-state index contributed by atoms with van der Waals surface area (Å²) in [5, 5.41) is 19.8. The molecule has 0 aromatic heterocycles. The number of ketones is 1. The lowest BCUT2D eigenvalue weighted by molar-refractivity contribution is -0.145. The van der Waals surface area contributed by atoms with Gasteiger partial charge >= 0.3 is 5.97 Å². The van der Waals surface area contributed by atoms with Crippen LogP contribution in [-0.4, -0.2) is 22.0 Å². The number of rotatable bonds is 1. The van der Waals surface area contributed by atoms with E-state index < -0.39 is 11.9 Å². The molecular formula is C17H19NO4. The zero-order chi connectivity index (χ0) is 16.0. The predicted molar refractivity (Wildman–Crippen MR) is 80.7 cm³/mol. The number of carboxylic acid groups (broad SMARTS) is 1. The van der Waals surface area contributed by atoms with E-state index in [0.717, 1.165) is 5.57 Å². The highest BCUT2D eigenvalue weighted by molar-refractivity contribution is 6.11. The molecule has 1 fully saturated rings. The van der Waals surface area contributed by atoms with E-state index in [-0.39, 0.29) is 29.0 Å². The first-order valence-corrected chi connectivity index (χ1v) is 7.44. The van der Waals surface area contributed by atoms with E-state index in [1.807, 2.05) is 6.08 Å². The van der Waals surface area contributed by atoms with E-state index in [2.05, 4.69) is 6.58 Å². The van der Waals surface area contributed by atoms with Crippen LogP contribution in [0.1, 0.15) is 25.7 Å². The summed E-state index contributed by atoms with van der Waals surface area (Å²) in [4.78, 5) is 24.1. The Morgan fingerprint density at radius 1 is 1.36 bits per heavy atom. The summed E-state index contributed by atoms with van der Waals surface area (Å²) in [5.74, 6) is -1.88. The second-order valence-electron chi connectivity index (χ2n) is 6.27. The number of allylic oxidation sites excluding steroid dienone is 5. The van der Waals surface area contributed by atoms with Crippen molar-refractivity contribution in [1.82, 2.24) is 0 Å². The van der Waals surface area contributed by atoms with Crippen molar-refractivity contribution < 1.29 is 19.8 Å². The molecule has 1 unspecified atom stereocenters. The van der Waals surface area contributed by atoms with Gasteiger partial charge in [0, 0.05) is 11.3 Å². The molecule has 0 saturated heterocycles. The summed E-state index contributed by atoms with van der Waals surface area (Å²) in [5.41, 5.74) is 7.52. The first-order chi connectivity index (χ1) is 10.4. The number of aliphatic hydroxyl groups is 1. The molecule has 0 spiro atoms. The summed E-state index contributed by atoms with van der Waals surface area (Å²) in [6.45, 7) is 3.72. The maximum absolute atomic E-state index is 12.5. The van der Waals surface area contributed by atoms with Crippen molar-refractivity contribution in [3.63, 3.8) is 0 Å². The fourth-order valence-corrected chi connectivity index (χ4v) is 3.81. The monoisotopic (exact) mass is 301 g/mol. The Balaban J connectivity index is 2.12. The highest BCUT2D eigenvalue weighted by Gasteiger charge is 2.41. The number of hydrogen-bond donors (Lipinski definition) is 3. The van der Waals surface area contributed by atoms with Gasteiger partial charge in [0.2, 0.25) is 0 Å². The fraction of sp³-hybridized carbons (Fsp3) is 0.412.